The summed E-state index contributed by atoms with van der Waals surface area (Å²) >= 11 is 0. The number of unbranched alkanes of at least 4 members (excludes halogenated alkanes) is 4. The fourth-order valence-corrected chi connectivity index (χ4v) is 2.30. The average molecular weight is 342 g/mol. The molecule has 0 radical (unpaired) electrons. The lowest BCUT2D eigenvalue weighted by Gasteiger charge is -2.33. The zero-order chi connectivity index (χ0) is 18.4. The van der Waals surface area contributed by atoms with E-state index in [4.69, 9.17) is 5.53 Å². The van der Waals surface area contributed by atoms with Crippen LogP contribution in [0.15, 0.2) is 5.11 Å². The molecule has 0 unspecified atom stereocenters. The largest absolute Gasteiger partial charge is 0.465 e. The number of nitrogens with zero attached hydrogens (tertiary/aromatic N) is 3. The van der Waals surface area contributed by atoms with E-state index in [0.29, 0.717) is 26.1 Å². The van der Waals surface area contributed by atoms with Crippen LogP contribution in [0, 0.1) is 5.53 Å². The molecule has 3 N–H and O–H groups in total. The Morgan fingerprint density at radius 1 is 1.12 bits per heavy atom. The number of amides is 2. The maximum atomic E-state index is 11.6. The van der Waals surface area contributed by atoms with E-state index >= 15 is 0 Å². The van der Waals surface area contributed by atoms with Gasteiger partial charge in [0.1, 0.15) is 17.2 Å². The van der Waals surface area contributed by atoms with Crippen molar-refractivity contribution in [2.24, 2.45) is 5.11 Å². The molecule has 8 nitrogen and oxygen atoms in total. The van der Waals surface area contributed by atoms with Crippen LogP contribution in [0.2, 0.25) is 0 Å². The summed E-state index contributed by atoms with van der Waals surface area (Å²) < 4.78 is 0. The van der Waals surface area contributed by atoms with Crippen LogP contribution in [0.1, 0.15) is 65.7 Å². The zero-order valence-corrected chi connectivity index (χ0v) is 15.2. The standard InChI is InChI=1S/C16H31N5O3/c1-16(2,3)21(15(23)24)13-9-5-7-11-18-14(22)10-6-4-8-12-19-20-17/h17H,4-13H2,1-3H3,(H-,18,22,23,24)/p+1. The van der Waals surface area contributed by atoms with Gasteiger partial charge < -0.3 is 15.3 Å². The normalized spacial score (nSPS) is 10.8. The third-order valence-electron chi connectivity index (χ3n) is 3.65. The van der Waals surface area contributed by atoms with E-state index in [1.54, 1.807) is 0 Å². The average Bonchev–Trinajstić information content (AvgIpc) is 2.48. The lowest BCUT2D eigenvalue weighted by Crippen LogP contribution is -2.45. The molecule has 0 aromatic rings. The van der Waals surface area contributed by atoms with E-state index in [2.05, 4.69) is 15.3 Å². The summed E-state index contributed by atoms with van der Waals surface area (Å²) in [6, 6.07) is 0. The molecule has 0 aromatic carbocycles. The van der Waals surface area contributed by atoms with Gasteiger partial charge in [-0.15, -0.1) is 0 Å². The number of hydrogen-bond donors (Lipinski definition) is 3. The van der Waals surface area contributed by atoms with Crippen molar-refractivity contribution in [1.82, 2.24) is 15.1 Å². The number of hydrogen-bond acceptors (Lipinski definition) is 4. The molecule has 0 saturated carbocycles. The molecule has 138 valence electrons. The van der Waals surface area contributed by atoms with E-state index in [1.807, 2.05) is 20.8 Å². The first kappa shape index (κ1) is 22.1. The Kier molecular flexibility index (Phi) is 11.5. The summed E-state index contributed by atoms with van der Waals surface area (Å²) in [5, 5.41) is 15.6. The highest BCUT2D eigenvalue weighted by Gasteiger charge is 2.25. The molecule has 0 fully saturated rings. The van der Waals surface area contributed by atoms with E-state index in [9.17, 15) is 14.7 Å². The summed E-state index contributed by atoms with van der Waals surface area (Å²) in [6.07, 6.45) is 4.73. The Bertz CT molecular complexity index is 428. The SMILES string of the molecule is CC(C)(C)N(CCCCCNC(=O)CCCCCN=[N+]=N)C(=O)O. The van der Waals surface area contributed by atoms with Crippen molar-refractivity contribution in [3.63, 3.8) is 0 Å². The number of carbonyl (C=O) groups is 2. The van der Waals surface area contributed by atoms with Crippen molar-refractivity contribution in [1.29, 1.82) is 5.53 Å². The predicted octanol–water partition coefficient (Wildman–Crippen LogP) is 3.16. The van der Waals surface area contributed by atoms with Crippen molar-refractivity contribution in [2.75, 3.05) is 19.6 Å². The number of rotatable bonds is 12. The molecule has 0 atom stereocenters. The van der Waals surface area contributed by atoms with Crippen molar-refractivity contribution in [3.05, 3.63) is 0 Å². The van der Waals surface area contributed by atoms with E-state index in [0.717, 1.165) is 38.5 Å². The van der Waals surface area contributed by atoms with Crippen LogP contribution in [-0.4, -0.2) is 47.2 Å². The van der Waals surface area contributed by atoms with Crippen LogP contribution in [0.25, 0.3) is 0 Å². The number of carboxylic acid groups (broad SMARTS) is 1. The van der Waals surface area contributed by atoms with Gasteiger partial charge in [0, 0.05) is 25.0 Å². The van der Waals surface area contributed by atoms with Gasteiger partial charge >= 0.3 is 6.09 Å². The monoisotopic (exact) mass is 342 g/mol. The Morgan fingerprint density at radius 3 is 2.38 bits per heavy atom. The van der Waals surface area contributed by atoms with Gasteiger partial charge in [-0.05, 0) is 52.9 Å². The van der Waals surface area contributed by atoms with Crippen LogP contribution in [0.5, 0.6) is 0 Å². The Labute approximate surface area is 144 Å². The maximum absolute atomic E-state index is 11.6. The third-order valence-corrected chi connectivity index (χ3v) is 3.65. The first-order chi connectivity index (χ1) is 11.3. The van der Waals surface area contributed by atoms with Crippen LogP contribution in [-0.2, 0) is 4.79 Å². The second kappa shape index (κ2) is 12.5. The fourth-order valence-electron chi connectivity index (χ4n) is 2.30. The van der Waals surface area contributed by atoms with Crippen LogP contribution < -0.4 is 10.2 Å². The van der Waals surface area contributed by atoms with Crippen LogP contribution in [0.4, 0.5) is 4.79 Å². The highest BCUT2D eigenvalue weighted by molar-refractivity contribution is 5.75. The van der Waals surface area contributed by atoms with Gasteiger partial charge in [0.25, 0.3) is 0 Å². The van der Waals surface area contributed by atoms with Crippen molar-refractivity contribution in [2.45, 2.75) is 71.3 Å². The molecule has 0 heterocycles. The lowest BCUT2D eigenvalue weighted by molar-refractivity contribution is -0.121. The molecule has 0 spiro atoms. The quantitative estimate of drug-likeness (QED) is 0.287. The van der Waals surface area contributed by atoms with Crippen molar-refractivity contribution >= 4 is 12.0 Å². The molecule has 0 aromatic heterocycles. The Balaban J connectivity index is 3.63. The first-order valence-electron chi connectivity index (χ1n) is 8.59. The predicted molar refractivity (Wildman–Crippen MR) is 92.0 cm³/mol. The second-order valence-corrected chi connectivity index (χ2v) is 6.79. The second-order valence-electron chi connectivity index (χ2n) is 6.79. The fraction of sp³-hybridized carbons (Fsp3) is 0.875. The zero-order valence-electron chi connectivity index (χ0n) is 15.2. The minimum atomic E-state index is -0.889. The van der Waals surface area contributed by atoms with Gasteiger partial charge in [0.2, 0.25) is 10.8 Å². The van der Waals surface area contributed by atoms with Gasteiger partial charge in [-0.1, -0.05) is 6.42 Å². The van der Waals surface area contributed by atoms with Crippen LogP contribution in [0.3, 0.4) is 0 Å². The molecule has 24 heavy (non-hydrogen) atoms. The summed E-state index contributed by atoms with van der Waals surface area (Å²) in [6.45, 7) is 7.36. The molecule has 0 aliphatic carbocycles. The summed E-state index contributed by atoms with van der Waals surface area (Å²) in [4.78, 5) is 27.2. The molecule has 0 aliphatic rings. The van der Waals surface area contributed by atoms with Gasteiger partial charge in [-0.25, -0.2) is 4.79 Å². The molecular weight excluding hydrogens is 310 g/mol. The lowest BCUT2D eigenvalue weighted by atomic mass is 10.1. The molecule has 0 aliphatic heterocycles. The highest BCUT2D eigenvalue weighted by atomic mass is 16.4. The van der Waals surface area contributed by atoms with E-state index < -0.39 is 6.09 Å². The minimum Gasteiger partial charge on any atom is -0.465 e. The topological polar surface area (TPSA) is 120 Å². The molecule has 2 amide bonds. The van der Waals surface area contributed by atoms with Gasteiger partial charge in [-0.3, -0.25) is 4.79 Å². The molecule has 0 rings (SSSR count). The van der Waals surface area contributed by atoms with Crippen molar-refractivity contribution in [3.8, 4) is 0 Å². The molecule has 0 bridgehead atoms. The van der Waals surface area contributed by atoms with Gasteiger partial charge in [0.15, 0.2) is 0 Å². The third kappa shape index (κ3) is 11.6. The van der Waals surface area contributed by atoms with Gasteiger partial charge in [0.05, 0.1) is 0 Å². The molecule has 8 heteroatoms. The Morgan fingerprint density at radius 2 is 1.79 bits per heavy atom. The molecular formula is C16H32N5O3+. The first-order valence-corrected chi connectivity index (χ1v) is 8.59. The van der Waals surface area contributed by atoms with E-state index in [-0.39, 0.29) is 11.4 Å². The van der Waals surface area contributed by atoms with Gasteiger partial charge in [-0.2, -0.15) is 0 Å². The van der Waals surface area contributed by atoms with Crippen LogP contribution >= 0.6 is 0 Å². The summed E-state index contributed by atoms with van der Waals surface area (Å²) in [7, 11) is 0. The number of nitrogens with one attached hydrogen (secondary N) is 2. The maximum Gasteiger partial charge on any atom is 0.407 e. The van der Waals surface area contributed by atoms with Crippen molar-refractivity contribution < 1.29 is 14.7 Å². The summed E-state index contributed by atoms with van der Waals surface area (Å²) in [5.41, 5.74) is 6.13. The summed E-state index contributed by atoms with van der Waals surface area (Å²) in [5.74, 6) is 0.0546. The minimum absolute atomic E-state index is 0.0546. The Hall–Kier alpha value is -1.95. The highest BCUT2D eigenvalue weighted by Crippen LogP contribution is 2.14. The molecule has 0 saturated heterocycles. The smallest absolute Gasteiger partial charge is 0.407 e. The number of carbonyl (C=O) groups excluding carboxylic acids is 1. The van der Waals surface area contributed by atoms with E-state index in [1.165, 1.54) is 4.90 Å².